The lowest BCUT2D eigenvalue weighted by Crippen LogP contribution is -2.45. The first-order valence-corrected chi connectivity index (χ1v) is 6.93. The van der Waals surface area contributed by atoms with Gasteiger partial charge in [0.2, 0.25) is 5.91 Å². The fourth-order valence-electron chi connectivity index (χ4n) is 1.99. The van der Waals surface area contributed by atoms with Gasteiger partial charge in [0.05, 0.1) is 0 Å². The number of rotatable bonds is 5. The van der Waals surface area contributed by atoms with Gasteiger partial charge in [-0.25, -0.2) is 4.39 Å². The zero-order valence-corrected chi connectivity index (χ0v) is 12.3. The van der Waals surface area contributed by atoms with Crippen LogP contribution in [0, 0.1) is 5.82 Å². The fraction of sp³-hybridized carbons (Fsp3) is 0.125. The molecule has 2 rings (SSSR count). The SMILES string of the molecule is NC(=O)[C@@H](Cc1cccc(Cl)c1)NC(=O)c1cccc(F)c1. The Labute approximate surface area is 132 Å². The van der Waals surface area contributed by atoms with Crippen LogP contribution in [0.4, 0.5) is 4.39 Å². The number of benzene rings is 2. The van der Waals surface area contributed by atoms with Crippen LogP contribution in [-0.2, 0) is 11.2 Å². The highest BCUT2D eigenvalue weighted by Crippen LogP contribution is 2.13. The van der Waals surface area contributed by atoms with Crippen molar-refractivity contribution < 1.29 is 14.0 Å². The van der Waals surface area contributed by atoms with Crippen molar-refractivity contribution >= 4 is 23.4 Å². The average Bonchev–Trinajstić information content (AvgIpc) is 2.46. The summed E-state index contributed by atoms with van der Waals surface area (Å²) in [6.45, 7) is 0. The number of carbonyl (C=O) groups is 2. The summed E-state index contributed by atoms with van der Waals surface area (Å²) in [6, 6.07) is 11.2. The molecule has 2 aromatic carbocycles. The molecule has 0 radical (unpaired) electrons. The van der Waals surface area contributed by atoms with Crippen molar-refractivity contribution in [3.8, 4) is 0 Å². The van der Waals surface area contributed by atoms with Gasteiger partial charge in [-0.05, 0) is 35.9 Å². The Morgan fingerprint density at radius 2 is 1.91 bits per heavy atom. The van der Waals surface area contributed by atoms with Gasteiger partial charge in [0, 0.05) is 17.0 Å². The minimum atomic E-state index is -0.908. The van der Waals surface area contributed by atoms with Gasteiger partial charge in [-0.15, -0.1) is 0 Å². The Kier molecular flexibility index (Phi) is 5.12. The van der Waals surface area contributed by atoms with E-state index < -0.39 is 23.7 Å². The first-order valence-electron chi connectivity index (χ1n) is 6.56. The zero-order valence-electron chi connectivity index (χ0n) is 11.6. The molecule has 0 aliphatic heterocycles. The molecule has 0 spiro atoms. The average molecular weight is 321 g/mol. The number of nitrogens with two attached hydrogens (primary N) is 1. The van der Waals surface area contributed by atoms with E-state index in [4.69, 9.17) is 17.3 Å². The second-order valence-corrected chi connectivity index (χ2v) is 5.21. The molecule has 2 aromatic rings. The number of halogens is 2. The molecule has 22 heavy (non-hydrogen) atoms. The molecule has 0 aliphatic rings. The van der Waals surface area contributed by atoms with Crippen molar-refractivity contribution in [1.82, 2.24) is 5.32 Å². The lowest BCUT2D eigenvalue weighted by molar-refractivity contribution is -0.119. The van der Waals surface area contributed by atoms with Crippen molar-refractivity contribution in [3.63, 3.8) is 0 Å². The lowest BCUT2D eigenvalue weighted by atomic mass is 10.0. The summed E-state index contributed by atoms with van der Waals surface area (Å²) in [7, 11) is 0. The molecule has 0 aromatic heterocycles. The van der Waals surface area contributed by atoms with Crippen LogP contribution in [-0.4, -0.2) is 17.9 Å². The molecule has 1 atom stereocenters. The Bertz CT molecular complexity index is 706. The smallest absolute Gasteiger partial charge is 0.252 e. The molecule has 114 valence electrons. The monoisotopic (exact) mass is 320 g/mol. The highest BCUT2D eigenvalue weighted by molar-refractivity contribution is 6.30. The summed E-state index contributed by atoms with van der Waals surface area (Å²) in [5, 5.41) is 3.03. The molecular weight excluding hydrogens is 307 g/mol. The number of amides is 2. The van der Waals surface area contributed by atoms with Crippen LogP contribution in [0.25, 0.3) is 0 Å². The van der Waals surface area contributed by atoms with E-state index >= 15 is 0 Å². The maximum Gasteiger partial charge on any atom is 0.252 e. The van der Waals surface area contributed by atoms with Crippen molar-refractivity contribution in [2.24, 2.45) is 5.73 Å². The van der Waals surface area contributed by atoms with E-state index in [1.807, 2.05) is 0 Å². The molecule has 2 amide bonds. The number of carbonyl (C=O) groups excluding carboxylic acids is 2. The minimum absolute atomic E-state index is 0.123. The maximum absolute atomic E-state index is 13.1. The van der Waals surface area contributed by atoms with Gasteiger partial charge in [0.25, 0.3) is 5.91 Å². The van der Waals surface area contributed by atoms with Crippen LogP contribution in [0.5, 0.6) is 0 Å². The highest BCUT2D eigenvalue weighted by Gasteiger charge is 2.19. The molecule has 0 aliphatic carbocycles. The number of hydrogen-bond donors (Lipinski definition) is 2. The molecule has 6 heteroatoms. The first-order chi connectivity index (χ1) is 10.5. The standard InChI is InChI=1S/C16H14ClFN2O2/c17-12-5-1-3-10(7-12)8-14(15(19)21)20-16(22)11-4-2-6-13(18)9-11/h1-7,9,14H,8H2,(H2,19,21)(H,20,22)/t14-/m1/s1. The maximum atomic E-state index is 13.1. The van der Waals surface area contributed by atoms with Gasteiger partial charge >= 0.3 is 0 Å². The molecule has 0 fully saturated rings. The van der Waals surface area contributed by atoms with Crippen molar-refractivity contribution in [2.75, 3.05) is 0 Å². The minimum Gasteiger partial charge on any atom is -0.368 e. The predicted molar refractivity (Wildman–Crippen MR) is 82.0 cm³/mol. The Hall–Kier alpha value is -2.40. The van der Waals surface area contributed by atoms with E-state index in [-0.39, 0.29) is 12.0 Å². The van der Waals surface area contributed by atoms with Gasteiger partial charge in [-0.3, -0.25) is 9.59 Å². The first kappa shape index (κ1) is 16.0. The number of primary amides is 1. The van der Waals surface area contributed by atoms with Gasteiger partial charge in [0.1, 0.15) is 11.9 Å². The summed E-state index contributed by atoms with van der Waals surface area (Å²) < 4.78 is 13.1. The van der Waals surface area contributed by atoms with Gasteiger partial charge < -0.3 is 11.1 Å². The fourth-order valence-corrected chi connectivity index (χ4v) is 2.21. The molecule has 0 saturated heterocycles. The molecule has 0 unspecified atom stereocenters. The van der Waals surface area contributed by atoms with Crippen LogP contribution in [0.2, 0.25) is 5.02 Å². The summed E-state index contributed by atoms with van der Waals surface area (Å²) in [4.78, 5) is 23.6. The van der Waals surface area contributed by atoms with Gasteiger partial charge in [-0.2, -0.15) is 0 Å². The van der Waals surface area contributed by atoms with Crippen LogP contribution >= 0.6 is 11.6 Å². The van der Waals surface area contributed by atoms with Gasteiger partial charge in [-0.1, -0.05) is 29.8 Å². The van der Waals surface area contributed by atoms with E-state index in [9.17, 15) is 14.0 Å². The highest BCUT2D eigenvalue weighted by atomic mass is 35.5. The van der Waals surface area contributed by atoms with E-state index in [2.05, 4.69) is 5.32 Å². The van der Waals surface area contributed by atoms with Crippen LogP contribution in [0.3, 0.4) is 0 Å². The Morgan fingerprint density at radius 3 is 2.55 bits per heavy atom. The molecule has 0 heterocycles. The summed E-state index contributed by atoms with van der Waals surface area (Å²) >= 11 is 5.88. The quantitative estimate of drug-likeness (QED) is 0.887. The molecular formula is C16H14ClFN2O2. The zero-order chi connectivity index (χ0) is 16.1. The summed E-state index contributed by atoms with van der Waals surface area (Å²) in [5.74, 6) is -1.77. The Morgan fingerprint density at radius 1 is 1.18 bits per heavy atom. The van der Waals surface area contributed by atoms with E-state index in [0.29, 0.717) is 5.02 Å². The van der Waals surface area contributed by atoms with E-state index in [1.165, 1.54) is 18.2 Å². The Balaban J connectivity index is 2.12. The van der Waals surface area contributed by atoms with Crippen molar-refractivity contribution in [1.29, 1.82) is 0 Å². The molecule has 0 bridgehead atoms. The van der Waals surface area contributed by atoms with Crippen LogP contribution < -0.4 is 11.1 Å². The second kappa shape index (κ2) is 7.04. The number of hydrogen-bond acceptors (Lipinski definition) is 2. The predicted octanol–water partition coefficient (Wildman–Crippen LogP) is 2.31. The van der Waals surface area contributed by atoms with Crippen LogP contribution in [0.15, 0.2) is 48.5 Å². The molecule has 0 saturated carbocycles. The summed E-state index contributed by atoms with van der Waals surface area (Å²) in [6.07, 6.45) is 0.205. The normalized spacial score (nSPS) is 11.7. The lowest BCUT2D eigenvalue weighted by Gasteiger charge is -2.16. The largest absolute Gasteiger partial charge is 0.368 e. The third kappa shape index (κ3) is 4.30. The van der Waals surface area contributed by atoms with Crippen LogP contribution in [0.1, 0.15) is 15.9 Å². The molecule has 3 N–H and O–H groups in total. The van der Waals surface area contributed by atoms with Crippen molar-refractivity contribution in [3.05, 3.63) is 70.5 Å². The van der Waals surface area contributed by atoms with E-state index in [1.54, 1.807) is 24.3 Å². The van der Waals surface area contributed by atoms with Gasteiger partial charge in [0.15, 0.2) is 0 Å². The third-order valence-electron chi connectivity index (χ3n) is 3.06. The van der Waals surface area contributed by atoms with E-state index in [0.717, 1.165) is 11.6 Å². The van der Waals surface area contributed by atoms with Crippen molar-refractivity contribution in [2.45, 2.75) is 12.5 Å². The molecule has 4 nitrogen and oxygen atoms in total. The third-order valence-corrected chi connectivity index (χ3v) is 3.30. The topological polar surface area (TPSA) is 72.2 Å². The summed E-state index contributed by atoms with van der Waals surface area (Å²) in [5.41, 5.74) is 6.20. The second-order valence-electron chi connectivity index (χ2n) is 4.77. The number of nitrogens with one attached hydrogen (secondary N) is 1.